The number of urea groups is 1. The number of rotatable bonds is 4. The second-order valence-corrected chi connectivity index (χ2v) is 9.03. The van der Waals surface area contributed by atoms with Crippen LogP contribution in [0.1, 0.15) is 35.6 Å². The van der Waals surface area contributed by atoms with Crippen molar-refractivity contribution in [2.24, 2.45) is 5.16 Å². The van der Waals surface area contributed by atoms with Gasteiger partial charge in [0.15, 0.2) is 5.67 Å². The highest BCUT2D eigenvalue weighted by Crippen LogP contribution is 2.50. The fourth-order valence-electron chi connectivity index (χ4n) is 4.15. The van der Waals surface area contributed by atoms with Gasteiger partial charge < -0.3 is 15.1 Å². The smallest absolute Gasteiger partial charge is 0.374 e. The molecule has 2 aliphatic heterocycles. The minimum Gasteiger partial charge on any atom is -0.374 e. The first kappa shape index (κ1) is 26.1. The maximum Gasteiger partial charge on any atom is 0.435 e. The quantitative estimate of drug-likeness (QED) is 0.476. The SMILES string of the molecule is CCNC(=O)N1CC(F)(c2ccc(C3=NOC(c4cc(Cl)cc(C(F)(F)F)c4)(C(F)(F)F)C3)cc2)C1. The molecule has 5 nitrogen and oxygen atoms in total. The highest BCUT2D eigenvalue weighted by atomic mass is 35.5. The highest BCUT2D eigenvalue weighted by Gasteiger charge is 2.62. The summed E-state index contributed by atoms with van der Waals surface area (Å²) in [4.78, 5) is 17.9. The molecule has 4 rings (SSSR count). The van der Waals surface area contributed by atoms with E-state index in [4.69, 9.17) is 16.4 Å². The van der Waals surface area contributed by atoms with Crippen LogP contribution < -0.4 is 5.32 Å². The second kappa shape index (κ2) is 8.82. The Balaban J connectivity index is 1.57. The number of amides is 2. The van der Waals surface area contributed by atoms with Gasteiger partial charge in [0, 0.05) is 23.6 Å². The zero-order valence-corrected chi connectivity index (χ0v) is 19.4. The van der Waals surface area contributed by atoms with Gasteiger partial charge in [-0.25, -0.2) is 9.18 Å². The summed E-state index contributed by atoms with van der Waals surface area (Å²) >= 11 is 5.70. The molecule has 2 amide bonds. The van der Waals surface area contributed by atoms with E-state index in [1.807, 2.05) is 0 Å². The minimum absolute atomic E-state index is 0.173. The molecule has 1 saturated heterocycles. The molecular weight excluding hydrogens is 519 g/mol. The van der Waals surface area contributed by atoms with Gasteiger partial charge in [0.2, 0.25) is 0 Å². The predicted molar refractivity (Wildman–Crippen MR) is 116 cm³/mol. The Labute approximate surface area is 205 Å². The molecule has 36 heavy (non-hydrogen) atoms. The number of nitrogens with zero attached hydrogens (tertiary/aromatic N) is 2. The van der Waals surface area contributed by atoms with Crippen molar-refractivity contribution in [2.45, 2.75) is 37.0 Å². The lowest BCUT2D eigenvalue weighted by Crippen LogP contribution is -2.61. The molecule has 0 saturated carbocycles. The first-order valence-corrected chi connectivity index (χ1v) is 11.1. The number of nitrogens with one attached hydrogen (secondary N) is 1. The van der Waals surface area contributed by atoms with Crippen LogP contribution in [0.25, 0.3) is 0 Å². The minimum atomic E-state index is -5.14. The third-order valence-corrected chi connectivity index (χ3v) is 6.33. The Morgan fingerprint density at radius 3 is 2.28 bits per heavy atom. The Kier molecular flexibility index (Phi) is 6.39. The van der Waals surface area contributed by atoms with Gasteiger partial charge in [-0.15, -0.1) is 0 Å². The first-order chi connectivity index (χ1) is 16.7. The van der Waals surface area contributed by atoms with Gasteiger partial charge in [-0.05, 0) is 36.2 Å². The Hall–Kier alpha value is -3.02. The summed E-state index contributed by atoms with van der Waals surface area (Å²) in [5.74, 6) is 0. The van der Waals surface area contributed by atoms with Crippen LogP contribution in [0.15, 0.2) is 47.6 Å². The molecule has 2 aromatic rings. The highest BCUT2D eigenvalue weighted by molar-refractivity contribution is 6.30. The van der Waals surface area contributed by atoms with Gasteiger partial charge in [-0.1, -0.05) is 41.0 Å². The number of likely N-dealkylation sites (tertiary alicyclic amines) is 1. The summed E-state index contributed by atoms with van der Waals surface area (Å²) < 4.78 is 97.3. The zero-order valence-electron chi connectivity index (χ0n) is 18.6. The van der Waals surface area contributed by atoms with Gasteiger partial charge >= 0.3 is 18.4 Å². The standard InChI is InChI=1S/C23H19ClF7N3O2/c1-2-32-19(35)34-11-20(25,12-34)14-5-3-13(4-6-14)18-10-21(36-33-18,23(29,30)31)15-7-16(22(26,27)28)9-17(24)8-15/h3-9H,2,10-12H2,1H3,(H,32,35). The molecule has 2 aliphatic rings. The third kappa shape index (κ3) is 4.58. The van der Waals surface area contributed by atoms with Crippen LogP contribution in [0.4, 0.5) is 35.5 Å². The van der Waals surface area contributed by atoms with Crippen molar-refractivity contribution < 1.29 is 40.4 Å². The molecule has 194 valence electrons. The maximum absolute atomic E-state index is 15.1. The van der Waals surface area contributed by atoms with Gasteiger partial charge in [0.05, 0.1) is 24.4 Å². The van der Waals surface area contributed by atoms with Crippen LogP contribution in [-0.4, -0.2) is 42.5 Å². The Morgan fingerprint density at radius 2 is 1.72 bits per heavy atom. The normalized spacial score (nSPS) is 21.5. The van der Waals surface area contributed by atoms with E-state index >= 15 is 4.39 Å². The van der Waals surface area contributed by atoms with Crippen molar-refractivity contribution in [3.05, 3.63) is 69.7 Å². The topological polar surface area (TPSA) is 53.9 Å². The monoisotopic (exact) mass is 537 g/mol. The van der Waals surface area contributed by atoms with E-state index < -0.39 is 52.2 Å². The summed E-state index contributed by atoms with van der Waals surface area (Å²) in [7, 11) is 0. The van der Waals surface area contributed by atoms with E-state index in [-0.39, 0.29) is 29.9 Å². The average Bonchev–Trinajstić information content (AvgIpc) is 3.23. The largest absolute Gasteiger partial charge is 0.435 e. The molecule has 13 heteroatoms. The molecule has 0 aromatic heterocycles. The molecule has 0 aliphatic carbocycles. The molecule has 2 aromatic carbocycles. The van der Waals surface area contributed by atoms with E-state index in [0.29, 0.717) is 18.7 Å². The van der Waals surface area contributed by atoms with Crippen LogP contribution in [0, 0.1) is 0 Å². The predicted octanol–water partition coefficient (Wildman–Crippen LogP) is 6.15. The number of hydrogen-bond donors (Lipinski definition) is 1. The number of oxime groups is 1. The fourth-order valence-corrected chi connectivity index (χ4v) is 4.39. The number of alkyl halides is 7. The van der Waals surface area contributed by atoms with Crippen molar-refractivity contribution in [3.8, 4) is 0 Å². The summed E-state index contributed by atoms with van der Waals surface area (Å²) in [6, 6.07) is 6.63. The average molecular weight is 538 g/mol. The second-order valence-electron chi connectivity index (χ2n) is 8.59. The lowest BCUT2D eigenvalue weighted by atomic mass is 9.84. The van der Waals surface area contributed by atoms with Crippen LogP contribution in [0.2, 0.25) is 5.02 Å². The van der Waals surface area contributed by atoms with Gasteiger partial charge in [-0.3, -0.25) is 0 Å². The van der Waals surface area contributed by atoms with Gasteiger partial charge in [0.1, 0.15) is 0 Å². The van der Waals surface area contributed by atoms with Crippen molar-refractivity contribution >= 4 is 23.3 Å². The first-order valence-electron chi connectivity index (χ1n) is 10.7. The molecule has 1 fully saturated rings. The summed E-state index contributed by atoms with van der Waals surface area (Å²) in [5.41, 5.74) is -6.99. The molecular formula is C23H19ClF7N3O2. The Bertz CT molecular complexity index is 1190. The van der Waals surface area contributed by atoms with E-state index in [9.17, 15) is 31.1 Å². The van der Waals surface area contributed by atoms with Crippen LogP contribution in [0.5, 0.6) is 0 Å². The summed E-state index contributed by atoms with van der Waals surface area (Å²) in [5, 5.41) is 5.54. The third-order valence-electron chi connectivity index (χ3n) is 6.11. The van der Waals surface area contributed by atoms with Crippen LogP contribution in [-0.2, 0) is 22.3 Å². The molecule has 0 spiro atoms. The number of carbonyl (C=O) groups is 1. The fraction of sp³-hybridized carbons (Fsp3) is 0.391. The molecule has 0 bridgehead atoms. The summed E-state index contributed by atoms with van der Waals surface area (Å²) in [6.07, 6.45) is -11.0. The number of benzene rings is 2. The number of hydrogen-bond acceptors (Lipinski definition) is 3. The van der Waals surface area contributed by atoms with Crippen LogP contribution in [0.3, 0.4) is 0 Å². The molecule has 1 N–H and O–H groups in total. The zero-order chi connectivity index (χ0) is 26.5. The van der Waals surface area contributed by atoms with E-state index in [1.165, 1.54) is 29.2 Å². The van der Waals surface area contributed by atoms with Crippen molar-refractivity contribution in [1.29, 1.82) is 0 Å². The molecule has 0 radical (unpaired) electrons. The molecule has 1 unspecified atom stereocenters. The lowest BCUT2D eigenvalue weighted by molar-refractivity contribution is -0.276. The van der Waals surface area contributed by atoms with Crippen LogP contribution >= 0.6 is 11.6 Å². The maximum atomic E-state index is 15.1. The van der Waals surface area contributed by atoms with Gasteiger partial charge in [-0.2, -0.15) is 26.3 Å². The van der Waals surface area contributed by atoms with E-state index in [0.717, 1.165) is 6.07 Å². The number of carbonyl (C=O) groups excluding carboxylic acids is 1. The van der Waals surface area contributed by atoms with E-state index in [2.05, 4.69) is 10.5 Å². The molecule has 2 heterocycles. The molecule has 1 atom stereocenters. The van der Waals surface area contributed by atoms with Crippen molar-refractivity contribution in [1.82, 2.24) is 10.2 Å². The Morgan fingerprint density at radius 1 is 1.08 bits per heavy atom. The number of halogens is 8. The lowest BCUT2D eigenvalue weighted by Gasteiger charge is -2.44. The van der Waals surface area contributed by atoms with Crippen molar-refractivity contribution in [2.75, 3.05) is 19.6 Å². The van der Waals surface area contributed by atoms with E-state index in [1.54, 1.807) is 6.92 Å². The van der Waals surface area contributed by atoms with Crippen molar-refractivity contribution in [3.63, 3.8) is 0 Å². The van der Waals surface area contributed by atoms with Gasteiger partial charge in [0.25, 0.3) is 5.60 Å². The summed E-state index contributed by atoms with van der Waals surface area (Å²) in [6.45, 7) is 1.74.